The Labute approximate surface area is 212 Å². The highest BCUT2D eigenvalue weighted by Crippen LogP contribution is 2.35. The van der Waals surface area contributed by atoms with Gasteiger partial charge in [0.1, 0.15) is 11.4 Å². The highest BCUT2D eigenvalue weighted by molar-refractivity contribution is 5.80. The molecule has 1 aromatic heterocycles. The molecule has 0 aliphatic heterocycles. The maximum Gasteiger partial charge on any atom is 0.350 e. The number of esters is 1. The van der Waals surface area contributed by atoms with E-state index in [4.69, 9.17) is 9.47 Å². The summed E-state index contributed by atoms with van der Waals surface area (Å²) in [7, 11) is 5.07. The molecule has 3 aromatic rings. The Morgan fingerprint density at radius 1 is 1.03 bits per heavy atom. The molecule has 0 spiro atoms. The summed E-state index contributed by atoms with van der Waals surface area (Å²) < 4.78 is 13.0. The molecule has 1 aliphatic carbocycles. The summed E-state index contributed by atoms with van der Waals surface area (Å²) in [6.45, 7) is 0.574. The number of hydrogen-bond donors (Lipinski definition) is 0. The number of aryl methyl sites for hydroxylation is 1. The third kappa shape index (κ3) is 5.75. The lowest BCUT2D eigenvalue weighted by atomic mass is 9.84. The van der Waals surface area contributed by atoms with Crippen LogP contribution in [0.5, 0.6) is 5.75 Å². The molecule has 0 bridgehead atoms. The van der Waals surface area contributed by atoms with E-state index in [0.717, 1.165) is 41.8 Å². The van der Waals surface area contributed by atoms with Crippen LogP contribution in [0.25, 0.3) is 11.3 Å². The standard InChI is InChI=1S/C28H34N4O4/c1-31(20-21-10-6-4-7-11-21)25(33)17-16-24-26(29-30-32(24)2)22-12-14-23(15-13-22)36-28(27(34)35-3)18-8-5-9-19-28/h4,6-7,10-15H,5,8-9,16-20H2,1-3H3. The summed E-state index contributed by atoms with van der Waals surface area (Å²) in [5, 5.41) is 8.54. The van der Waals surface area contributed by atoms with Gasteiger partial charge >= 0.3 is 5.97 Å². The number of nitrogens with zero attached hydrogens (tertiary/aromatic N) is 4. The van der Waals surface area contributed by atoms with Gasteiger partial charge in [0.15, 0.2) is 0 Å². The van der Waals surface area contributed by atoms with Gasteiger partial charge in [-0.15, -0.1) is 5.10 Å². The van der Waals surface area contributed by atoms with Crippen LogP contribution in [-0.4, -0.2) is 51.5 Å². The third-order valence-corrected chi connectivity index (χ3v) is 6.87. The van der Waals surface area contributed by atoms with Gasteiger partial charge in [0.25, 0.3) is 0 Å². The molecule has 1 aliphatic rings. The predicted octanol–water partition coefficient (Wildman–Crippen LogP) is 4.33. The van der Waals surface area contributed by atoms with E-state index in [9.17, 15) is 9.59 Å². The summed E-state index contributed by atoms with van der Waals surface area (Å²) in [5.41, 5.74) is 2.69. The van der Waals surface area contributed by atoms with Gasteiger partial charge in [0.2, 0.25) is 11.5 Å². The summed E-state index contributed by atoms with van der Waals surface area (Å²) in [5.74, 6) is 0.369. The van der Waals surface area contributed by atoms with Crippen LogP contribution in [0.2, 0.25) is 0 Å². The number of hydrogen-bond acceptors (Lipinski definition) is 6. The molecule has 8 nitrogen and oxygen atoms in total. The molecular weight excluding hydrogens is 456 g/mol. The minimum Gasteiger partial charge on any atom is -0.476 e. The quantitative estimate of drug-likeness (QED) is 0.415. The van der Waals surface area contributed by atoms with Crippen molar-refractivity contribution in [2.45, 2.75) is 57.1 Å². The first kappa shape index (κ1) is 25.4. The van der Waals surface area contributed by atoms with E-state index >= 15 is 0 Å². The number of carbonyl (C=O) groups excluding carboxylic acids is 2. The fraction of sp³-hybridized carbons (Fsp3) is 0.429. The molecule has 0 atom stereocenters. The van der Waals surface area contributed by atoms with Gasteiger partial charge < -0.3 is 14.4 Å². The monoisotopic (exact) mass is 490 g/mol. The third-order valence-electron chi connectivity index (χ3n) is 6.87. The largest absolute Gasteiger partial charge is 0.476 e. The number of amides is 1. The average Bonchev–Trinajstić information content (AvgIpc) is 3.28. The summed E-state index contributed by atoms with van der Waals surface area (Å²) in [6.07, 6.45) is 5.18. The first-order chi connectivity index (χ1) is 17.4. The van der Waals surface area contributed by atoms with Crippen molar-refractivity contribution in [2.24, 2.45) is 7.05 Å². The summed E-state index contributed by atoms with van der Waals surface area (Å²) >= 11 is 0. The smallest absolute Gasteiger partial charge is 0.350 e. The van der Waals surface area contributed by atoms with Crippen LogP contribution in [0.3, 0.4) is 0 Å². The van der Waals surface area contributed by atoms with Gasteiger partial charge in [0, 0.05) is 39.0 Å². The Hall–Kier alpha value is -3.68. The maximum absolute atomic E-state index is 12.8. The van der Waals surface area contributed by atoms with Crippen molar-refractivity contribution < 1.29 is 19.1 Å². The fourth-order valence-electron chi connectivity index (χ4n) is 4.81. The average molecular weight is 491 g/mol. The zero-order valence-electron chi connectivity index (χ0n) is 21.3. The molecule has 1 fully saturated rings. The highest BCUT2D eigenvalue weighted by atomic mass is 16.6. The summed E-state index contributed by atoms with van der Waals surface area (Å²) in [4.78, 5) is 27.0. The van der Waals surface area contributed by atoms with E-state index in [-0.39, 0.29) is 11.9 Å². The Kier molecular flexibility index (Phi) is 8.03. The second kappa shape index (κ2) is 11.4. The van der Waals surface area contributed by atoms with E-state index in [1.54, 1.807) is 9.58 Å². The van der Waals surface area contributed by atoms with Crippen LogP contribution in [0.1, 0.15) is 49.8 Å². The second-order valence-corrected chi connectivity index (χ2v) is 9.42. The van der Waals surface area contributed by atoms with Gasteiger partial charge in [-0.05, 0) is 55.5 Å². The van der Waals surface area contributed by atoms with Crippen molar-refractivity contribution in [3.63, 3.8) is 0 Å². The van der Waals surface area contributed by atoms with Crippen molar-refractivity contribution in [1.82, 2.24) is 19.9 Å². The van der Waals surface area contributed by atoms with Gasteiger partial charge in [-0.1, -0.05) is 42.0 Å². The lowest BCUT2D eigenvalue weighted by Gasteiger charge is -2.34. The van der Waals surface area contributed by atoms with Crippen molar-refractivity contribution in [3.8, 4) is 17.0 Å². The normalized spacial score (nSPS) is 14.8. The van der Waals surface area contributed by atoms with Gasteiger partial charge in [0.05, 0.1) is 12.8 Å². The number of benzene rings is 2. The molecule has 8 heteroatoms. The first-order valence-corrected chi connectivity index (χ1v) is 12.5. The first-order valence-electron chi connectivity index (χ1n) is 12.5. The fourth-order valence-corrected chi connectivity index (χ4v) is 4.81. The van der Waals surface area contributed by atoms with Crippen LogP contribution in [0.15, 0.2) is 54.6 Å². The topological polar surface area (TPSA) is 86.5 Å². The van der Waals surface area contributed by atoms with Crippen molar-refractivity contribution in [3.05, 3.63) is 65.9 Å². The van der Waals surface area contributed by atoms with Crippen molar-refractivity contribution in [2.75, 3.05) is 14.2 Å². The lowest BCUT2D eigenvalue weighted by Crippen LogP contribution is -2.47. The number of aromatic nitrogens is 3. The van der Waals surface area contributed by atoms with Crippen molar-refractivity contribution >= 4 is 11.9 Å². The van der Waals surface area contributed by atoms with Gasteiger partial charge in [-0.2, -0.15) is 0 Å². The Morgan fingerprint density at radius 2 is 1.72 bits per heavy atom. The zero-order valence-corrected chi connectivity index (χ0v) is 21.3. The maximum atomic E-state index is 12.8. The Balaban J connectivity index is 1.43. The molecule has 0 unspecified atom stereocenters. The van der Waals surface area contributed by atoms with Crippen LogP contribution >= 0.6 is 0 Å². The molecule has 190 valence electrons. The van der Waals surface area contributed by atoms with Crippen LogP contribution in [0, 0.1) is 0 Å². The van der Waals surface area contributed by atoms with E-state index in [1.807, 2.05) is 68.7 Å². The number of ether oxygens (including phenoxy) is 2. The predicted molar refractivity (Wildman–Crippen MR) is 136 cm³/mol. The van der Waals surface area contributed by atoms with E-state index in [1.165, 1.54) is 7.11 Å². The number of rotatable bonds is 9. The van der Waals surface area contributed by atoms with Gasteiger partial charge in [-0.3, -0.25) is 9.48 Å². The highest BCUT2D eigenvalue weighted by Gasteiger charge is 2.43. The molecule has 0 N–H and O–H groups in total. The van der Waals surface area contributed by atoms with Gasteiger partial charge in [-0.25, -0.2) is 4.79 Å². The Morgan fingerprint density at radius 3 is 2.39 bits per heavy atom. The molecule has 36 heavy (non-hydrogen) atoms. The molecule has 0 radical (unpaired) electrons. The van der Waals surface area contributed by atoms with Crippen LogP contribution in [-0.2, 0) is 34.3 Å². The second-order valence-electron chi connectivity index (χ2n) is 9.42. The van der Waals surface area contributed by atoms with Crippen molar-refractivity contribution in [1.29, 1.82) is 0 Å². The molecule has 2 aromatic carbocycles. The molecule has 1 heterocycles. The Bertz CT molecular complexity index is 1170. The van der Waals surface area contributed by atoms with Crippen LogP contribution < -0.4 is 4.74 Å². The zero-order chi connectivity index (χ0) is 25.5. The number of carbonyl (C=O) groups is 2. The minimum atomic E-state index is -0.918. The van der Waals surface area contributed by atoms with Crippen LogP contribution in [0.4, 0.5) is 0 Å². The molecule has 0 saturated heterocycles. The lowest BCUT2D eigenvalue weighted by molar-refractivity contribution is -0.162. The van der Waals surface area contributed by atoms with E-state index in [0.29, 0.717) is 38.0 Å². The molecule has 4 rings (SSSR count). The summed E-state index contributed by atoms with van der Waals surface area (Å²) in [6, 6.07) is 17.5. The number of methoxy groups -OCH3 is 1. The molecule has 1 saturated carbocycles. The van der Waals surface area contributed by atoms with E-state index < -0.39 is 5.60 Å². The molecular formula is C28H34N4O4. The minimum absolute atomic E-state index is 0.0651. The van der Waals surface area contributed by atoms with E-state index in [2.05, 4.69) is 10.3 Å². The SMILES string of the molecule is COC(=O)C1(Oc2ccc(-c3nnn(C)c3CCC(=O)N(C)Cc3ccccc3)cc2)CCCCC1. The molecule has 1 amide bonds.